The number of methoxy groups -OCH3 is 1. The number of hydrogen-bond donors (Lipinski definition) is 1. The molecule has 1 aliphatic rings. The van der Waals surface area contributed by atoms with E-state index >= 15 is 0 Å². The zero-order valence-corrected chi connectivity index (χ0v) is 11.2. The lowest BCUT2D eigenvalue weighted by atomic mass is 10.1. The van der Waals surface area contributed by atoms with Crippen molar-refractivity contribution < 1.29 is 4.74 Å². The van der Waals surface area contributed by atoms with E-state index in [2.05, 4.69) is 24.1 Å². The van der Waals surface area contributed by atoms with E-state index in [0.717, 1.165) is 32.3 Å². The minimum atomic E-state index is 0.705. The van der Waals surface area contributed by atoms with Crippen LogP contribution in [0.3, 0.4) is 0 Å². The van der Waals surface area contributed by atoms with Gasteiger partial charge in [0.05, 0.1) is 6.61 Å². The molecule has 2 unspecified atom stereocenters. The van der Waals surface area contributed by atoms with E-state index in [1.165, 1.54) is 25.7 Å². The third-order valence-corrected chi connectivity index (χ3v) is 3.59. The first-order chi connectivity index (χ1) is 7.83. The van der Waals surface area contributed by atoms with Gasteiger partial charge < -0.3 is 10.1 Å². The van der Waals surface area contributed by atoms with Crippen LogP contribution in [-0.4, -0.2) is 50.3 Å². The van der Waals surface area contributed by atoms with Crippen LogP contribution in [0.2, 0.25) is 0 Å². The molecule has 1 aliphatic carbocycles. The van der Waals surface area contributed by atoms with Crippen LogP contribution < -0.4 is 5.32 Å². The summed E-state index contributed by atoms with van der Waals surface area (Å²) < 4.78 is 5.19. The number of rotatable bonds is 8. The Morgan fingerprint density at radius 3 is 2.75 bits per heavy atom. The van der Waals surface area contributed by atoms with E-state index in [0.29, 0.717) is 6.04 Å². The molecule has 0 radical (unpaired) electrons. The number of likely N-dealkylation sites (N-methyl/N-ethyl adjacent to an activating group) is 1. The van der Waals surface area contributed by atoms with Crippen LogP contribution in [0, 0.1) is 0 Å². The Bertz CT molecular complexity index is 175. The number of nitrogens with zero attached hydrogens (tertiary/aromatic N) is 1. The van der Waals surface area contributed by atoms with Crippen LogP contribution in [-0.2, 0) is 4.74 Å². The lowest BCUT2D eigenvalue weighted by Gasteiger charge is -2.32. The highest BCUT2D eigenvalue weighted by Crippen LogP contribution is 2.24. The van der Waals surface area contributed by atoms with Crippen LogP contribution >= 0.6 is 0 Å². The fourth-order valence-corrected chi connectivity index (χ4v) is 2.71. The molecule has 0 aromatic carbocycles. The minimum Gasteiger partial charge on any atom is -0.383 e. The second-order valence-corrected chi connectivity index (χ2v) is 4.68. The highest BCUT2D eigenvalue weighted by atomic mass is 16.5. The summed E-state index contributed by atoms with van der Waals surface area (Å²) >= 11 is 0. The highest BCUT2D eigenvalue weighted by Gasteiger charge is 2.30. The standard InChI is InChI=1S/C13H28N2O/c1-4-9-14-12-7-6-8-13(12)15(5-2)10-11-16-3/h12-14H,4-11H2,1-3H3. The summed E-state index contributed by atoms with van der Waals surface area (Å²) in [5, 5.41) is 3.69. The van der Waals surface area contributed by atoms with Gasteiger partial charge in [-0.2, -0.15) is 0 Å². The monoisotopic (exact) mass is 228 g/mol. The summed E-state index contributed by atoms with van der Waals surface area (Å²) in [6.45, 7) is 8.71. The van der Waals surface area contributed by atoms with Crippen molar-refractivity contribution in [3.05, 3.63) is 0 Å². The fourth-order valence-electron chi connectivity index (χ4n) is 2.71. The molecule has 0 aliphatic heterocycles. The maximum Gasteiger partial charge on any atom is 0.0589 e. The molecule has 1 fully saturated rings. The molecule has 2 atom stereocenters. The number of hydrogen-bond acceptors (Lipinski definition) is 3. The van der Waals surface area contributed by atoms with E-state index in [1.54, 1.807) is 7.11 Å². The lowest BCUT2D eigenvalue weighted by Crippen LogP contribution is -2.48. The van der Waals surface area contributed by atoms with E-state index in [1.807, 2.05) is 0 Å². The van der Waals surface area contributed by atoms with Gasteiger partial charge >= 0.3 is 0 Å². The first kappa shape index (κ1) is 13.9. The third-order valence-electron chi connectivity index (χ3n) is 3.59. The maximum atomic E-state index is 5.19. The predicted octanol–water partition coefficient (Wildman–Crippen LogP) is 1.88. The Balaban J connectivity index is 2.40. The predicted molar refractivity (Wildman–Crippen MR) is 68.8 cm³/mol. The Morgan fingerprint density at radius 2 is 2.12 bits per heavy atom. The van der Waals surface area contributed by atoms with Crippen molar-refractivity contribution >= 4 is 0 Å². The Labute approximate surface area is 101 Å². The van der Waals surface area contributed by atoms with Gasteiger partial charge in [-0.1, -0.05) is 20.3 Å². The Kier molecular flexibility index (Phi) is 7.01. The molecule has 3 heteroatoms. The second kappa shape index (κ2) is 8.04. The van der Waals surface area contributed by atoms with Gasteiger partial charge in [-0.15, -0.1) is 0 Å². The van der Waals surface area contributed by atoms with Gasteiger partial charge in [-0.25, -0.2) is 0 Å². The molecule has 0 bridgehead atoms. The molecular formula is C13H28N2O. The SMILES string of the molecule is CCCNC1CCCC1N(CC)CCOC. The van der Waals surface area contributed by atoms with Gasteiger partial charge in [-0.05, 0) is 32.4 Å². The molecule has 96 valence electrons. The normalized spacial score (nSPS) is 25.5. The van der Waals surface area contributed by atoms with E-state index < -0.39 is 0 Å². The molecule has 0 saturated heterocycles. The van der Waals surface area contributed by atoms with Crippen LogP contribution in [0.15, 0.2) is 0 Å². The summed E-state index contributed by atoms with van der Waals surface area (Å²) in [6, 6.07) is 1.43. The molecule has 0 aromatic heterocycles. The third kappa shape index (κ3) is 4.04. The van der Waals surface area contributed by atoms with Crippen LogP contribution in [0.4, 0.5) is 0 Å². The minimum absolute atomic E-state index is 0.705. The van der Waals surface area contributed by atoms with Crippen LogP contribution in [0.1, 0.15) is 39.5 Å². The molecule has 0 amide bonds. The van der Waals surface area contributed by atoms with Gasteiger partial charge in [0.2, 0.25) is 0 Å². The summed E-state index contributed by atoms with van der Waals surface area (Å²) in [5.41, 5.74) is 0. The molecule has 0 heterocycles. The van der Waals surface area contributed by atoms with E-state index in [4.69, 9.17) is 4.74 Å². The fraction of sp³-hybridized carbons (Fsp3) is 1.00. The number of ether oxygens (including phenoxy) is 1. The van der Waals surface area contributed by atoms with Crippen molar-refractivity contribution in [3.63, 3.8) is 0 Å². The van der Waals surface area contributed by atoms with Crippen molar-refractivity contribution in [2.75, 3.05) is 33.4 Å². The molecule has 1 saturated carbocycles. The average Bonchev–Trinajstić information content (AvgIpc) is 2.76. The van der Waals surface area contributed by atoms with Gasteiger partial charge in [-0.3, -0.25) is 4.90 Å². The van der Waals surface area contributed by atoms with Gasteiger partial charge in [0, 0.05) is 25.7 Å². The summed E-state index contributed by atoms with van der Waals surface area (Å²) in [4.78, 5) is 2.57. The Hall–Kier alpha value is -0.120. The van der Waals surface area contributed by atoms with Gasteiger partial charge in [0.1, 0.15) is 0 Å². The van der Waals surface area contributed by atoms with E-state index in [9.17, 15) is 0 Å². The van der Waals surface area contributed by atoms with Gasteiger partial charge in [0.25, 0.3) is 0 Å². The van der Waals surface area contributed by atoms with E-state index in [-0.39, 0.29) is 0 Å². The zero-order chi connectivity index (χ0) is 11.8. The molecule has 0 spiro atoms. The first-order valence-corrected chi connectivity index (χ1v) is 6.79. The molecule has 16 heavy (non-hydrogen) atoms. The quantitative estimate of drug-likeness (QED) is 0.686. The van der Waals surface area contributed by atoms with Crippen LogP contribution in [0.25, 0.3) is 0 Å². The highest BCUT2D eigenvalue weighted by molar-refractivity contribution is 4.90. The molecular weight excluding hydrogens is 200 g/mol. The van der Waals surface area contributed by atoms with Crippen molar-refractivity contribution in [3.8, 4) is 0 Å². The number of nitrogens with one attached hydrogen (secondary N) is 1. The molecule has 0 aromatic rings. The summed E-state index contributed by atoms with van der Waals surface area (Å²) in [7, 11) is 1.79. The molecule has 3 nitrogen and oxygen atoms in total. The topological polar surface area (TPSA) is 24.5 Å². The zero-order valence-electron chi connectivity index (χ0n) is 11.2. The molecule has 1 rings (SSSR count). The summed E-state index contributed by atoms with van der Waals surface area (Å²) in [6.07, 6.45) is 5.29. The van der Waals surface area contributed by atoms with Crippen molar-refractivity contribution in [1.29, 1.82) is 0 Å². The first-order valence-electron chi connectivity index (χ1n) is 6.79. The second-order valence-electron chi connectivity index (χ2n) is 4.68. The summed E-state index contributed by atoms with van der Waals surface area (Å²) in [5.74, 6) is 0. The smallest absolute Gasteiger partial charge is 0.0589 e. The van der Waals surface area contributed by atoms with Crippen molar-refractivity contribution in [1.82, 2.24) is 10.2 Å². The maximum absolute atomic E-state index is 5.19. The molecule has 1 N–H and O–H groups in total. The average molecular weight is 228 g/mol. The van der Waals surface area contributed by atoms with Gasteiger partial charge in [0.15, 0.2) is 0 Å². The lowest BCUT2D eigenvalue weighted by molar-refractivity contribution is 0.114. The van der Waals surface area contributed by atoms with Crippen molar-refractivity contribution in [2.45, 2.75) is 51.6 Å². The van der Waals surface area contributed by atoms with Crippen molar-refractivity contribution in [2.24, 2.45) is 0 Å². The van der Waals surface area contributed by atoms with Crippen LogP contribution in [0.5, 0.6) is 0 Å². The largest absolute Gasteiger partial charge is 0.383 e. The Morgan fingerprint density at radius 1 is 1.31 bits per heavy atom.